The lowest BCUT2D eigenvalue weighted by Crippen LogP contribution is -2.33. The Kier molecular flexibility index (Phi) is 7.50. The van der Waals surface area contributed by atoms with E-state index in [4.69, 9.17) is 11.6 Å². The van der Waals surface area contributed by atoms with Crippen LogP contribution in [-0.4, -0.2) is 39.2 Å². The van der Waals surface area contributed by atoms with Crippen LogP contribution in [-0.2, 0) is 14.8 Å². The molecule has 0 aliphatic carbocycles. The summed E-state index contributed by atoms with van der Waals surface area (Å²) in [6, 6.07) is 13.3. The van der Waals surface area contributed by atoms with Crippen molar-refractivity contribution in [1.29, 1.82) is 0 Å². The Balaban J connectivity index is 1.37. The van der Waals surface area contributed by atoms with Gasteiger partial charge in [-0.05, 0) is 37.1 Å². The number of rotatable bonds is 6. The molecule has 1 aromatic heterocycles. The first kappa shape index (κ1) is 24.2. The van der Waals surface area contributed by atoms with Crippen LogP contribution in [0.25, 0.3) is 10.1 Å². The van der Waals surface area contributed by atoms with Crippen LogP contribution in [0.2, 0.25) is 5.02 Å². The predicted molar refractivity (Wildman–Crippen MR) is 135 cm³/mol. The molecule has 0 saturated heterocycles. The van der Waals surface area contributed by atoms with E-state index in [1.165, 1.54) is 29.5 Å². The van der Waals surface area contributed by atoms with Crippen LogP contribution < -0.4 is 15.4 Å². The number of nitrogens with one attached hydrogen (secondary N) is 3. The zero-order valence-corrected chi connectivity index (χ0v) is 20.5. The first-order chi connectivity index (χ1) is 16.3. The summed E-state index contributed by atoms with van der Waals surface area (Å²) >= 11 is 7.56. The van der Waals surface area contributed by atoms with Gasteiger partial charge in [0.2, 0.25) is 5.91 Å². The molecule has 0 bridgehead atoms. The van der Waals surface area contributed by atoms with E-state index in [9.17, 15) is 18.0 Å². The van der Waals surface area contributed by atoms with Crippen LogP contribution in [0.3, 0.4) is 0 Å². The summed E-state index contributed by atoms with van der Waals surface area (Å²) < 4.78 is 28.9. The maximum atomic E-state index is 12.8. The van der Waals surface area contributed by atoms with Crippen LogP contribution in [0.1, 0.15) is 35.4 Å². The normalized spacial score (nSPS) is 14.2. The monoisotopic (exact) mass is 518 g/mol. The van der Waals surface area contributed by atoms with E-state index in [0.29, 0.717) is 34.4 Å². The summed E-state index contributed by atoms with van der Waals surface area (Å²) in [4.78, 5) is 29.5. The first-order valence-corrected chi connectivity index (χ1v) is 13.4. The van der Waals surface area contributed by atoms with Crippen molar-refractivity contribution in [3.63, 3.8) is 0 Å². The van der Waals surface area contributed by atoms with Crippen molar-refractivity contribution in [1.82, 2.24) is 10.0 Å². The number of amides is 2. The number of carbonyl (C=O) groups is 2. The van der Waals surface area contributed by atoms with Gasteiger partial charge >= 0.3 is 0 Å². The molecule has 1 aliphatic rings. The van der Waals surface area contributed by atoms with Crippen LogP contribution in [0, 0.1) is 0 Å². The molecular weight excluding hydrogens is 496 g/mol. The Morgan fingerprint density at radius 1 is 1.06 bits per heavy atom. The van der Waals surface area contributed by atoms with E-state index < -0.39 is 21.8 Å². The van der Waals surface area contributed by atoms with Gasteiger partial charge in [0.15, 0.2) is 0 Å². The van der Waals surface area contributed by atoms with E-state index in [0.717, 1.165) is 29.3 Å². The van der Waals surface area contributed by atoms with Crippen molar-refractivity contribution < 1.29 is 18.0 Å². The van der Waals surface area contributed by atoms with Crippen LogP contribution >= 0.6 is 22.9 Å². The lowest BCUT2D eigenvalue weighted by Gasteiger charge is -2.11. The summed E-state index contributed by atoms with van der Waals surface area (Å²) in [5, 5.41) is 6.30. The zero-order valence-electron chi connectivity index (χ0n) is 18.1. The minimum absolute atomic E-state index is 0.0124. The molecule has 2 amide bonds. The number of aliphatic imine (C=N–C) groups is 1. The van der Waals surface area contributed by atoms with Crippen molar-refractivity contribution in [2.45, 2.75) is 30.6 Å². The Morgan fingerprint density at radius 3 is 2.71 bits per heavy atom. The average molecular weight is 519 g/mol. The molecule has 3 N–H and O–H groups in total. The maximum Gasteiger partial charge on any atom is 0.263 e. The Labute approximate surface area is 206 Å². The van der Waals surface area contributed by atoms with Crippen LogP contribution in [0.4, 0.5) is 5.69 Å². The summed E-state index contributed by atoms with van der Waals surface area (Å²) in [5.74, 6) is -0.498. The lowest BCUT2D eigenvalue weighted by atomic mass is 10.2. The number of hydrogen-bond donors (Lipinski definition) is 3. The van der Waals surface area contributed by atoms with E-state index in [2.05, 4.69) is 20.3 Å². The molecule has 1 aliphatic heterocycles. The van der Waals surface area contributed by atoms with E-state index in [1.807, 2.05) is 24.3 Å². The first-order valence-electron chi connectivity index (χ1n) is 10.7. The molecule has 2 heterocycles. The number of thiophene rings is 1. The molecule has 4 rings (SSSR count). The van der Waals surface area contributed by atoms with E-state index in [-0.39, 0.29) is 11.4 Å². The van der Waals surface area contributed by atoms with Crippen molar-refractivity contribution in [3.8, 4) is 0 Å². The van der Waals surface area contributed by atoms with Gasteiger partial charge in [0, 0.05) is 28.7 Å². The summed E-state index contributed by atoms with van der Waals surface area (Å²) in [7, 11) is -3.83. The summed E-state index contributed by atoms with van der Waals surface area (Å²) in [6.07, 6.45) is 3.43. The predicted octanol–water partition coefficient (Wildman–Crippen LogP) is 4.17. The third-order valence-electron chi connectivity index (χ3n) is 5.21. The maximum absolute atomic E-state index is 12.8. The van der Waals surface area contributed by atoms with Crippen molar-refractivity contribution in [3.05, 3.63) is 58.4 Å². The topological polar surface area (TPSA) is 117 Å². The molecule has 0 saturated carbocycles. The largest absolute Gasteiger partial charge is 0.342 e. The molecule has 2 aromatic carbocycles. The van der Waals surface area contributed by atoms with Gasteiger partial charge < -0.3 is 10.6 Å². The van der Waals surface area contributed by atoms with Gasteiger partial charge in [0.05, 0.1) is 16.5 Å². The second-order valence-electron chi connectivity index (χ2n) is 7.74. The number of nitrogens with zero attached hydrogens (tertiary/aromatic N) is 1. The van der Waals surface area contributed by atoms with Crippen molar-refractivity contribution in [2.24, 2.45) is 4.99 Å². The quantitative estimate of drug-likeness (QED) is 0.454. The van der Waals surface area contributed by atoms with Gasteiger partial charge in [-0.2, -0.15) is 0 Å². The number of benzene rings is 2. The number of fused-ring (bicyclic) bond motifs is 1. The van der Waals surface area contributed by atoms with Crippen molar-refractivity contribution in [2.75, 3.05) is 18.4 Å². The Morgan fingerprint density at radius 2 is 1.88 bits per heavy atom. The molecular formula is C23H23ClN4O4S2. The van der Waals surface area contributed by atoms with Gasteiger partial charge in [-0.25, -0.2) is 8.42 Å². The highest BCUT2D eigenvalue weighted by Gasteiger charge is 2.19. The van der Waals surface area contributed by atoms with Gasteiger partial charge in [-0.15, -0.1) is 11.3 Å². The highest BCUT2D eigenvalue weighted by atomic mass is 35.5. The third-order valence-corrected chi connectivity index (χ3v) is 8.26. The second-order valence-corrected chi connectivity index (χ2v) is 10.9. The second kappa shape index (κ2) is 10.5. The highest BCUT2D eigenvalue weighted by Crippen LogP contribution is 2.34. The average Bonchev–Trinajstić information content (AvgIpc) is 2.97. The van der Waals surface area contributed by atoms with Gasteiger partial charge in [0.25, 0.3) is 15.9 Å². The molecule has 11 heteroatoms. The SMILES string of the molecule is O=C(CNC(=O)c1sc2ccccc2c1Cl)Nc1cccc(S(=O)(=O)NC2=NCCCCC2)c1. The van der Waals surface area contributed by atoms with E-state index >= 15 is 0 Å². The van der Waals surface area contributed by atoms with Gasteiger partial charge in [-0.1, -0.05) is 42.3 Å². The third kappa shape index (κ3) is 5.75. The molecule has 3 aromatic rings. The number of amidine groups is 1. The molecule has 0 radical (unpaired) electrons. The van der Waals surface area contributed by atoms with Gasteiger partial charge in [0.1, 0.15) is 10.7 Å². The standard InChI is InChI=1S/C23H23ClN4O4S2/c24-21-17-9-3-4-10-18(17)33-22(21)23(30)26-14-20(29)27-15-7-6-8-16(13-15)34(31,32)28-19-11-2-1-5-12-25-19/h3-4,6-10,13H,1-2,5,11-12,14H2,(H,25,28)(H,26,30)(H,27,29). The Hall–Kier alpha value is -2.95. The summed E-state index contributed by atoms with van der Waals surface area (Å²) in [6.45, 7) is 0.307. The lowest BCUT2D eigenvalue weighted by molar-refractivity contribution is -0.115. The van der Waals surface area contributed by atoms with Crippen molar-refractivity contribution >= 4 is 66.4 Å². The molecule has 0 unspecified atom stereocenters. The summed E-state index contributed by atoms with van der Waals surface area (Å²) in [5.41, 5.74) is 0.296. The van der Waals surface area contributed by atoms with Crippen LogP contribution in [0.5, 0.6) is 0 Å². The van der Waals surface area contributed by atoms with Gasteiger partial charge in [-0.3, -0.25) is 19.3 Å². The number of halogens is 1. The smallest absolute Gasteiger partial charge is 0.263 e. The number of carbonyl (C=O) groups excluding carboxylic acids is 2. The fraction of sp³-hybridized carbons (Fsp3) is 0.261. The molecule has 34 heavy (non-hydrogen) atoms. The molecule has 0 fully saturated rings. The highest BCUT2D eigenvalue weighted by molar-refractivity contribution is 7.90. The number of anilines is 1. The van der Waals surface area contributed by atoms with E-state index in [1.54, 1.807) is 6.07 Å². The molecule has 8 nitrogen and oxygen atoms in total. The minimum Gasteiger partial charge on any atom is -0.342 e. The fourth-order valence-corrected chi connectivity index (χ4v) is 6.09. The molecule has 0 atom stereocenters. The minimum atomic E-state index is -3.83. The Bertz CT molecular complexity index is 1370. The van der Waals surface area contributed by atoms with Crippen LogP contribution in [0.15, 0.2) is 58.4 Å². The zero-order chi connectivity index (χ0) is 24.1. The number of hydrogen-bond acceptors (Lipinski definition) is 6. The fourth-order valence-electron chi connectivity index (χ4n) is 3.52. The number of sulfonamides is 1. The molecule has 0 spiro atoms. The molecule has 178 valence electrons.